The molecule has 1 saturated heterocycles. The molecule has 1 aromatic carbocycles. The largest absolute Gasteiger partial charge is 0.345 e. The van der Waals surface area contributed by atoms with Crippen LogP contribution in [0.25, 0.3) is 11.0 Å². The lowest BCUT2D eigenvalue weighted by molar-refractivity contribution is 0.101. The van der Waals surface area contributed by atoms with Gasteiger partial charge in [-0.3, -0.25) is 10.1 Å². The zero-order valence-electron chi connectivity index (χ0n) is 15.0. The predicted molar refractivity (Wildman–Crippen MR) is 102 cm³/mol. The number of hydrogen-bond acceptors (Lipinski definition) is 4. The second-order valence-electron chi connectivity index (χ2n) is 6.69. The number of anilines is 1. The molecule has 9 heteroatoms. The molecule has 8 nitrogen and oxygen atoms in total. The van der Waals surface area contributed by atoms with Gasteiger partial charge in [-0.15, -0.1) is 0 Å². The van der Waals surface area contributed by atoms with E-state index in [1.54, 1.807) is 7.05 Å². The molecule has 0 radical (unpaired) electrons. The Morgan fingerprint density at radius 2 is 1.93 bits per heavy atom. The van der Waals surface area contributed by atoms with Crippen LogP contribution in [0.3, 0.4) is 0 Å². The topological polar surface area (TPSA) is 100 Å². The maximum atomic E-state index is 12.8. The maximum absolute atomic E-state index is 12.8. The number of nitrogens with one attached hydrogen (secondary N) is 2. The SMILES string of the molecule is Cn1cc(S(=O)(=O)N2CCCCC2)cc1C(=O)Nc1nc2ccccc2[nH]1. The fraction of sp³-hybridized carbons (Fsp3) is 0.333. The second kappa shape index (κ2) is 6.82. The number of carbonyl (C=O) groups is 1. The van der Waals surface area contributed by atoms with Gasteiger partial charge in [-0.1, -0.05) is 18.6 Å². The number of para-hydroxylation sites is 2. The minimum absolute atomic E-state index is 0.140. The zero-order valence-corrected chi connectivity index (χ0v) is 15.8. The van der Waals surface area contributed by atoms with Crippen LogP contribution in [0.1, 0.15) is 29.8 Å². The average Bonchev–Trinajstić information content (AvgIpc) is 3.25. The molecule has 1 fully saturated rings. The number of aryl methyl sites for hydroxylation is 1. The summed E-state index contributed by atoms with van der Waals surface area (Å²) >= 11 is 0. The second-order valence-corrected chi connectivity index (χ2v) is 8.63. The standard InChI is InChI=1S/C18H21N5O3S/c1-22-12-13(27(25,26)23-9-5-2-6-10-23)11-16(22)17(24)21-18-19-14-7-3-4-8-15(14)20-18/h3-4,7-8,11-12H,2,5-6,9-10H2,1H3,(H2,19,20,21,24). The Hall–Kier alpha value is -2.65. The minimum Gasteiger partial charge on any atom is -0.345 e. The van der Waals surface area contributed by atoms with E-state index in [0.29, 0.717) is 19.0 Å². The summed E-state index contributed by atoms with van der Waals surface area (Å²) in [6, 6.07) is 8.86. The molecule has 0 unspecified atom stereocenters. The highest BCUT2D eigenvalue weighted by Crippen LogP contribution is 2.23. The van der Waals surface area contributed by atoms with E-state index in [2.05, 4.69) is 15.3 Å². The maximum Gasteiger partial charge on any atom is 0.274 e. The Kier molecular flexibility index (Phi) is 4.48. The van der Waals surface area contributed by atoms with E-state index in [4.69, 9.17) is 0 Å². The monoisotopic (exact) mass is 387 g/mol. The lowest BCUT2D eigenvalue weighted by atomic mass is 10.2. The van der Waals surface area contributed by atoms with E-state index < -0.39 is 15.9 Å². The number of imidazole rings is 1. The molecule has 0 spiro atoms. The number of H-pyrrole nitrogens is 1. The van der Waals surface area contributed by atoms with Gasteiger partial charge in [0, 0.05) is 26.3 Å². The number of aromatic nitrogens is 3. The lowest BCUT2D eigenvalue weighted by Crippen LogP contribution is -2.35. The number of amides is 1. The van der Waals surface area contributed by atoms with E-state index >= 15 is 0 Å². The number of hydrogen-bond donors (Lipinski definition) is 2. The Morgan fingerprint density at radius 1 is 1.19 bits per heavy atom. The summed E-state index contributed by atoms with van der Waals surface area (Å²) in [4.78, 5) is 20.1. The summed E-state index contributed by atoms with van der Waals surface area (Å²) in [6.45, 7) is 1.05. The van der Waals surface area contributed by atoms with Crippen molar-refractivity contribution in [3.63, 3.8) is 0 Å². The third-order valence-corrected chi connectivity index (χ3v) is 6.65. The van der Waals surface area contributed by atoms with Crippen molar-refractivity contribution >= 4 is 32.9 Å². The van der Waals surface area contributed by atoms with E-state index in [9.17, 15) is 13.2 Å². The molecule has 2 aromatic heterocycles. The van der Waals surface area contributed by atoms with Gasteiger partial charge in [-0.05, 0) is 31.0 Å². The third kappa shape index (κ3) is 3.35. The molecule has 2 N–H and O–H groups in total. The fourth-order valence-electron chi connectivity index (χ4n) is 3.34. The third-order valence-electron chi connectivity index (χ3n) is 4.79. The molecule has 0 saturated carbocycles. The Balaban J connectivity index is 1.57. The van der Waals surface area contributed by atoms with Gasteiger partial charge in [-0.2, -0.15) is 4.31 Å². The van der Waals surface area contributed by atoms with Gasteiger partial charge in [0.1, 0.15) is 10.6 Å². The number of benzene rings is 1. The van der Waals surface area contributed by atoms with Crippen molar-refractivity contribution in [1.82, 2.24) is 18.8 Å². The Morgan fingerprint density at radius 3 is 2.67 bits per heavy atom. The quantitative estimate of drug-likeness (QED) is 0.717. The van der Waals surface area contributed by atoms with Gasteiger partial charge < -0.3 is 9.55 Å². The fourth-order valence-corrected chi connectivity index (χ4v) is 4.93. The van der Waals surface area contributed by atoms with Crippen LogP contribution in [-0.4, -0.2) is 46.3 Å². The molecular formula is C18H21N5O3S. The van der Waals surface area contributed by atoms with E-state index in [-0.39, 0.29) is 10.6 Å². The van der Waals surface area contributed by atoms with E-state index in [1.807, 2.05) is 24.3 Å². The molecule has 142 valence electrons. The van der Waals surface area contributed by atoms with Crippen molar-refractivity contribution in [2.45, 2.75) is 24.2 Å². The molecule has 0 atom stereocenters. The first kappa shape index (κ1) is 17.7. The molecule has 3 aromatic rings. The summed E-state index contributed by atoms with van der Waals surface area (Å²) in [5.41, 5.74) is 1.81. The molecule has 3 heterocycles. The Labute approximate surface area is 157 Å². The smallest absolute Gasteiger partial charge is 0.274 e. The lowest BCUT2D eigenvalue weighted by Gasteiger charge is -2.25. The van der Waals surface area contributed by atoms with E-state index in [1.165, 1.54) is 21.1 Å². The van der Waals surface area contributed by atoms with Crippen LogP contribution in [0.5, 0.6) is 0 Å². The summed E-state index contributed by atoms with van der Waals surface area (Å²) in [5, 5.41) is 2.70. The normalized spacial score (nSPS) is 15.9. The number of aromatic amines is 1. The molecule has 0 bridgehead atoms. The van der Waals surface area contributed by atoms with Crippen molar-refractivity contribution in [2.75, 3.05) is 18.4 Å². The molecule has 4 rings (SSSR count). The number of piperidine rings is 1. The Bertz CT molecular complexity index is 1060. The van der Waals surface area contributed by atoms with Crippen LogP contribution in [0.15, 0.2) is 41.4 Å². The molecule has 1 amide bonds. The van der Waals surface area contributed by atoms with Gasteiger partial charge in [0.05, 0.1) is 11.0 Å². The van der Waals surface area contributed by atoms with E-state index in [0.717, 1.165) is 30.3 Å². The molecule has 1 aliphatic rings. The van der Waals surface area contributed by atoms with Crippen molar-refractivity contribution < 1.29 is 13.2 Å². The highest BCUT2D eigenvalue weighted by Gasteiger charge is 2.28. The van der Waals surface area contributed by atoms with Gasteiger partial charge in [0.15, 0.2) is 0 Å². The van der Waals surface area contributed by atoms with Gasteiger partial charge >= 0.3 is 0 Å². The van der Waals surface area contributed by atoms with Crippen LogP contribution in [0, 0.1) is 0 Å². The van der Waals surface area contributed by atoms with Gasteiger partial charge in [0.2, 0.25) is 16.0 Å². The number of sulfonamides is 1. The summed E-state index contributed by atoms with van der Waals surface area (Å²) in [7, 11) is -1.93. The summed E-state index contributed by atoms with van der Waals surface area (Å²) in [6.07, 6.45) is 4.26. The van der Waals surface area contributed by atoms with Gasteiger partial charge in [-0.25, -0.2) is 13.4 Å². The first-order valence-corrected chi connectivity index (χ1v) is 10.3. The number of rotatable bonds is 4. The van der Waals surface area contributed by atoms with Crippen LogP contribution in [-0.2, 0) is 17.1 Å². The first-order chi connectivity index (χ1) is 12.9. The highest BCUT2D eigenvalue weighted by molar-refractivity contribution is 7.89. The van der Waals surface area contributed by atoms with Crippen molar-refractivity contribution in [3.05, 3.63) is 42.2 Å². The predicted octanol–water partition coefficient (Wildman–Crippen LogP) is 2.33. The van der Waals surface area contributed by atoms with Crippen LogP contribution in [0.2, 0.25) is 0 Å². The van der Waals surface area contributed by atoms with Crippen molar-refractivity contribution in [1.29, 1.82) is 0 Å². The average molecular weight is 387 g/mol. The minimum atomic E-state index is -3.58. The van der Waals surface area contributed by atoms with Gasteiger partial charge in [0.25, 0.3) is 5.91 Å². The first-order valence-electron chi connectivity index (χ1n) is 8.88. The number of nitrogens with zero attached hydrogens (tertiary/aromatic N) is 3. The highest BCUT2D eigenvalue weighted by atomic mass is 32.2. The van der Waals surface area contributed by atoms with Crippen LogP contribution >= 0.6 is 0 Å². The van der Waals surface area contributed by atoms with Crippen molar-refractivity contribution in [2.24, 2.45) is 7.05 Å². The number of carbonyl (C=O) groups excluding carboxylic acids is 1. The van der Waals surface area contributed by atoms with Crippen LogP contribution < -0.4 is 5.32 Å². The van der Waals surface area contributed by atoms with Crippen LogP contribution in [0.4, 0.5) is 5.95 Å². The van der Waals surface area contributed by atoms with Crippen molar-refractivity contribution in [3.8, 4) is 0 Å². The molecule has 1 aliphatic heterocycles. The molecule has 27 heavy (non-hydrogen) atoms. The molecular weight excluding hydrogens is 366 g/mol. The molecule has 0 aliphatic carbocycles. The summed E-state index contributed by atoms with van der Waals surface area (Å²) in [5.74, 6) is -0.0977. The summed E-state index contributed by atoms with van der Waals surface area (Å²) < 4.78 is 28.6. The zero-order chi connectivity index (χ0) is 19.0. The number of fused-ring (bicyclic) bond motifs is 1.